The largest absolute Gasteiger partial charge is 0.312 e. The maximum absolute atomic E-state index is 5.75. The third-order valence-electron chi connectivity index (χ3n) is 1.40. The maximum Gasteiger partial charge on any atom is 0.0816 e. The van der Waals surface area contributed by atoms with Crippen molar-refractivity contribution in [3.63, 3.8) is 0 Å². The van der Waals surface area contributed by atoms with Crippen LogP contribution in [-0.2, 0) is 0 Å². The van der Waals surface area contributed by atoms with E-state index in [1.165, 1.54) is 0 Å². The standard InChI is InChI=1S/C6H14Cl2N2/c1-2-3-6(9,10)5(8)4-7/h5H,2-4,9-10H2,1H3. The predicted octanol–water partition coefficient (Wildman–Crippen LogP) is 1.25. The Balaban J connectivity index is 3.82. The summed E-state index contributed by atoms with van der Waals surface area (Å²) < 4.78 is 0. The van der Waals surface area contributed by atoms with Gasteiger partial charge in [-0.2, -0.15) is 0 Å². The summed E-state index contributed by atoms with van der Waals surface area (Å²) in [6.07, 6.45) is 1.63. The Hall–Kier alpha value is 0.500. The number of halogens is 2. The van der Waals surface area contributed by atoms with E-state index in [0.29, 0.717) is 12.3 Å². The molecule has 0 aromatic carbocycles. The Morgan fingerprint density at radius 3 is 2.30 bits per heavy atom. The third-order valence-corrected chi connectivity index (χ3v) is 2.43. The molecule has 0 heterocycles. The molecule has 4 heteroatoms. The van der Waals surface area contributed by atoms with Crippen molar-refractivity contribution in [3.8, 4) is 0 Å². The molecule has 0 fully saturated rings. The first-order chi connectivity index (χ1) is 4.54. The van der Waals surface area contributed by atoms with Crippen LogP contribution in [0.2, 0.25) is 0 Å². The fourth-order valence-corrected chi connectivity index (χ4v) is 1.13. The van der Waals surface area contributed by atoms with Crippen LogP contribution in [0.15, 0.2) is 0 Å². The van der Waals surface area contributed by atoms with Gasteiger partial charge in [-0.3, -0.25) is 0 Å². The normalized spacial score (nSPS) is 15.3. The highest BCUT2D eigenvalue weighted by Gasteiger charge is 2.26. The summed E-state index contributed by atoms with van der Waals surface area (Å²) in [7, 11) is 0. The number of hydrogen-bond donors (Lipinski definition) is 2. The van der Waals surface area contributed by atoms with Crippen LogP contribution in [0.1, 0.15) is 19.8 Å². The lowest BCUT2D eigenvalue weighted by atomic mass is 10.0. The van der Waals surface area contributed by atoms with Crippen LogP contribution in [0.5, 0.6) is 0 Å². The molecular formula is C6H14Cl2N2. The minimum absolute atomic E-state index is 0.300. The van der Waals surface area contributed by atoms with E-state index in [1.54, 1.807) is 0 Å². The van der Waals surface area contributed by atoms with E-state index in [1.807, 2.05) is 6.92 Å². The fourth-order valence-electron chi connectivity index (χ4n) is 0.733. The number of rotatable bonds is 4. The fraction of sp³-hybridized carbons (Fsp3) is 1.00. The summed E-state index contributed by atoms with van der Waals surface area (Å²) in [5.41, 5.74) is 10.5. The lowest BCUT2D eigenvalue weighted by molar-refractivity contribution is 0.399. The topological polar surface area (TPSA) is 52.0 Å². The molecule has 0 saturated heterocycles. The van der Waals surface area contributed by atoms with Gasteiger partial charge in [-0.25, -0.2) is 0 Å². The van der Waals surface area contributed by atoms with Crippen LogP contribution in [0.25, 0.3) is 0 Å². The summed E-state index contributed by atoms with van der Waals surface area (Å²) in [6, 6.07) is 0. The second-order valence-corrected chi connectivity index (χ2v) is 3.32. The van der Waals surface area contributed by atoms with Crippen LogP contribution in [0, 0.1) is 0 Å². The second-order valence-electron chi connectivity index (χ2n) is 2.48. The van der Waals surface area contributed by atoms with Crippen LogP contribution in [-0.4, -0.2) is 16.9 Å². The molecule has 4 N–H and O–H groups in total. The van der Waals surface area contributed by atoms with E-state index in [2.05, 4.69) is 0 Å². The Kier molecular flexibility index (Phi) is 4.61. The molecule has 0 radical (unpaired) electrons. The van der Waals surface area contributed by atoms with Gasteiger partial charge in [-0.15, -0.1) is 23.2 Å². The molecule has 0 aliphatic rings. The van der Waals surface area contributed by atoms with Crippen molar-refractivity contribution in [2.24, 2.45) is 11.5 Å². The molecule has 1 atom stereocenters. The van der Waals surface area contributed by atoms with Gasteiger partial charge in [0.2, 0.25) is 0 Å². The summed E-state index contributed by atoms with van der Waals surface area (Å²) in [4.78, 5) is 0. The van der Waals surface area contributed by atoms with E-state index in [9.17, 15) is 0 Å². The van der Waals surface area contributed by atoms with Gasteiger partial charge in [0.05, 0.1) is 11.0 Å². The molecule has 62 valence electrons. The molecule has 0 saturated carbocycles. The molecule has 0 rings (SSSR count). The third kappa shape index (κ3) is 3.06. The quantitative estimate of drug-likeness (QED) is 0.511. The Labute approximate surface area is 71.9 Å². The lowest BCUT2D eigenvalue weighted by Gasteiger charge is -2.27. The molecule has 0 spiro atoms. The van der Waals surface area contributed by atoms with E-state index in [4.69, 9.17) is 34.7 Å². The molecule has 2 nitrogen and oxygen atoms in total. The van der Waals surface area contributed by atoms with Crippen LogP contribution < -0.4 is 11.5 Å². The Morgan fingerprint density at radius 2 is 2.00 bits per heavy atom. The number of nitrogens with two attached hydrogens (primary N) is 2. The second kappa shape index (κ2) is 4.39. The van der Waals surface area contributed by atoms with Crippen molar-refractivity contribution in [1.29, 1.82) is 0 Å². The van der Waals surface area contributed by atoms with Crippen LogP contribution in [0.3, 0.4) is 0 Å². The SMILES string of the molecule is CCCC(N)(N)C(Cl)CCl. The van der Waals surface area contributed by atoms with Crippen molar-refractivity contribution in [1.82, 2.24) is 0 Å². The first-order valence-corrected chi connectivity index (χ1v) is 4.29. The summed E-state index contributed by atoms with van der Waals surface area (Å²) in [6.45, 7) is 2.01. The van der Waals surface area contributed by atoms with Crippen molar-refractivity contribution in [2.75, 3.05) is 5.88 Å². The van der Waals surface area contributed by atoms with E-state index in [-0.39, 0.29) is 5.38 Å². The van der Waals surface area contributed by atoms with Gasteiger partial charge in [0.25, 0.3) is 0 Å². The van der Waals surface area contributed by atoms with Crippen molar-refractivity contribution < 1.29 is 0 Å². The van der Waals surface area contributed by atoms with Crippen molar-refractivity contribution >= 4 is 23.2 Å². The zero-order chi connectivity index (χ0) is 8.20. The lowest BCUT2D eigenvalue weighted by Crippen LogP contribution is -2.57. The van der Waals surface area contributed by atoms with Crippen molar-refractivity contribution in [3.05, 3.63) is 0 Å². The summed E-state index contributed by atoms with van der Waals surface area (Å²) in [5, 5.41) is -0.339. The molecule has 0 aliphatic carbocycles. The summed E-state index contributed by atoms with van der Waals surface area (Å²) >= 11 is 11.2. The minimum atomic E-state index is -0.807. The van der Waals surface area contributed by atoms with Crippen LogP contribution >= 0.6 is 23.2 Å². The summed E-state index contributed by atoms with van der Waals surface area (Å²) in [5.74, 6) is 0.300. The molecule has 10 heavy (non-hydrogen) atoms. The van der Waals surface area contributed by atoms with Crippen LogP contribution in [0.4, 0.5) is 0 Å². The highest BCUT2D eigenvalue weighted by molar-refractivity contribution is 6.28. The van der Waals surface area contributed by atoms with Gasteiger partial charge in [0, 0.05) is 5.88 Å². The highest BCUT2D eigenvalue weighted by Crippen LogP contribution is 2.14. The van der Waals surface area contributed by atoms with Gasteiger partial charge in [0.1, 0.15) is 0 Å². The van der Waals surface area contributed by atoms with E-state index >= 15 is 0 Å². The molecule has 0 amide bonds. The first-order valence-electron chi connectivity index (χ1n) is 3.32. The average molecular weight is 185 g/mol. The number of alkyl halides is 2. The molecule has 0 aromatic rings. The predicted molar refractivity (Wildman–Crippen MR) is 46.4 cm³/mol. The highest BCUT2D eigenvalue weighted by atomic mass is 35.5. The van der Waals surface area contributed by atoms with E-state index < -0.39 is 5.66 Å². The van der Waals surface area contributed by atoms with E-state index in [0.717, 1.165) is 6.42 Å². The monoisotopic (exact) mass is 184 g/mol. The maximum atomic E-state index is 5.75. The zero-order valence-electron chi connectivity index (χ0n) is 6.11. The van der Waals surface area contributed by atoms with Gasteiger partial charge in [-0.1, -0.05) is 13.3 Å². The zero-order valence-corrected chi connectivity index (χ0v) is 7.62. The number of hydrogen-bond acceptors (Lipinski definition) is 2. The molecular weight excluding hydrogens is 171 g/mol. The molecule has 0 aliphatic heterocycles. The molecule has 1 unspecified atom stereocenters. The first kappa shape index (κ1) is 10.5. The van der Waals surface area contributed by atoms with Crippen molar-refractivity contribution in [2.45, 2.75) is 30.8 Å². The Morgan fingerprint density at radius 1 is 1.50 bits per heavy atom. The van der Waals surface area contributed by atoms with Gasteiger partial charge in [-0.05, 0) is 6.42 Å². The Bertz CT molecular complexity index is 95.7. The molecule has 0 aromatic heterocycles. The van der Waals surface area contributed by atoms with Gasteiger partial charge in [0.15, 0.2) is 0 Å². The van der Waals surface area contributed by atoms with Gasteiger partial charge >= 0.3 is 0 Å². The minimum Gasteiger partial charge on any atom is -0.312 e. The molecule has 0 bridgehead atoms. The average Bonchev–Trinajstić information content (AvgIpc) is 1.86. The van der Waals surface area contributed by atoms with Gasteiger partial charge < -0.3 is 11.5 Å². The smallest absolute Gasteiger partial charge is 0.0816 e.